The normalized spacial score (nSPS) is 12.2. The zero-order valence-corrected chi connectivity index (χ0v) is 45.0. The van der Waals surface area contributed by atoms with Crippen molar-refractivity contribution in [2.75, 3.05) is 9.80 Å². The average Bonchev–Trinajstić information content (AvgIpc) is 3.42. The van der Waals surface area contributed by atoms with Crippen molar-refractivity contribution < 1.29 is 38.6 Å². The molecule has 0 saturated carbocycles. The van der Waals surface area contributed by atoms with E-state index < -0.39 is 28.7 Å². The Morgan fingerprint density at radius 1 is 0.453 bits per heavy atom. The third-order valence-corrected chi connectivity index (χ3v) is 14.1. The molecule has 9 heteroatoms. The molecular formula is C66H60F4N4Pt. The second kappa shape index (κ2) is 24.9. The van der Waals surface area contributed by atoms with E-state index in [-0.39, 0.29) is 43.6 Å². The van der Waals surface area contributed by atoms with E-state index in [1.807, 2.05) is 122 Å². The fourth-order valence-electron chi connectivity index (χ4n) is 10.1. The van der Waals surface area contributed by atoms with Crippen LogP contribution in [0.25, 0.3) is 22.5 Å². The molecule has 9 rings (SSSR count). The Kier molecular flexibility index (Phi) is 18.0. The number of aromatic nitrogens is 2. The van der Waals surface area contributed by atoms with Crippen LogP contribution in [0.15, 0.2) is 194 Å². The molecule has 0 radical (unpaired) electrons. The molecule has 0 amide bonds. The van der Waals surface area contributed by atoms with E-state index >= 15 is 8.78 Å². The predicted octanol–water partition coefficient (Wildman–Crippen LogP) is 18.9. The summed E-state index contributed by atoms with van der Waals surface area (Å²) in [5.74, 6) is -2.18. The van der Waals surface area contributed by atoms with Gasteiger partial charge in [-0.25, -0.2) is 0 Å². The quantitative estimate of drug-likeness (QED) is 0.0432. The monoisotopic (exact) mass is 1180 g/mol. The van der Waals surface area contributed by atoms with Gasteiger partial charge >= 0.3 is 21.1 Å². The van der Waals surface area contributed by atoms with Crippen molar-refractivity contribution in [3.63, 3.8) is 0 Å². The van der Waals surface area contributed by atoms with Crippen LogP contribution in [0.4, 0.5) is 51.7 Å². The molecule has 2 atom stereocenters. The number of rotatable bonds is 20. The second-order valence-corrected chi connectivity index (χ2v) is 19.5. The Hall–Kier alpha value is -7.15. The molecule has 2 heterocycles. The first-order valence-corrected chi connectivity index (χ1v) is 25.7. The van der Waals surface area contributed by atoms with Gasteiger partial charge in [0.2, 0.25) is 0 Å². The molecule has 0 fully saturated rings. The number of halogens is 4. The van der Waals surface area contributed by atoms with E-state index in [0.29, 0.717) is 34.6 Å². The molecule has 7 aromatic carbocycles. The zero-order chi connectivity index (χ0) is 51.6. The number of pyridine rings is 2. The first kappa shape index (κ1) is 54.1. The minimum Gasteiger partial charge on any atom is -0.311 e. The van der Waals surface area contributed by atoms with Crippen LogP contribution >= 0.6 is 0 Å². The van der Waals surface area contributed by atoms with Gasteiger partial charge in [0, 0.05) is 74.2 Å². The standard InChI is InChI=1S/C66H60F4N4.Pt/c1-5-21-47(25-20-19-22-46(6-2)48-23-11-7-12-24-48)49-32-36-55(37-33-49)74(54-30-17-10-18-31-54)57-43-63(59-39-35-51(68)41-61(59)70)72-65(45-57)66(3,4)64-44-56(42-62(71-64)58-38-34-50(67)40-60(58)69)73(52-26-13-8-14-27-52)53-28-15-9-16-29-53;/h7-18,23-24,26-37,40-47H,5-6,19-22,25H2,1-4H3;/q-2;+2. The molecule has 2 aromatic heterocycles. The van der Waals surface area contributed by atoms with Gasteiger partial charge in [-0.15, -0.1) is 24.3 Å². The molecule has 0 spiro atoms. The molecule has 0 N–H and O–H groups in total. The summed E-state index contributed by atoms with van der Waals surface area (Å²) in [6.07, 6.45) is 7.88. The number of unbranched alkanes of at least 4 members (excludes halogenated alkanes) is 1. The number of hydrogen-bond acceptors (Lipinski definition) is 4. The second-order valence-electron chi connectivity index (χ2n) is 19.5. The maximum atomic E-state index is 16.1. The number of para-hydroxylation sites is 3. The molecule has 0 saturated heterocycles. The maximum absolute atomic E-state index is 16.1. The molecular weight excluding hydrogens is 1120 g/mol. The van der Waals surface area contributed by atoms with Gasteiger partial charge in [-0.3, -0.25) is 17.6 Å². The summed E-state index contributed by atoms with van der Waals surface area (Å²) in [5.41, 5.74) is 7.74. The average molecular weight is 1180 g/mol. The Morgan fingerprint density at radius 2 is 0.840 bits per heavy atom. The zero-order valence-electron chi connectivity index (χ0n) is 42.7. The smallest absolute Gasteiger partial charge is 0.311 e. The van der Waals surface area contributed by atoms with E-state index in [4.69, 9.17) is 9.97 Å². The summed E-state index contributed by atoms with van der Waals surface area (Å²) in [6, 6.07) is 66.1. The molecule has 75 heavy (non-hydrogen) atoms. The number of benzene rings is 7. The Morgan fingerprint density at radius 3 is 1.24 bits per heavy atom. The van der Waals surface area contributed by atoms with Crippen molar-refractivity contribution in [3.8, 4) is 22.5 Å². The van der Waals surface area contributed by atoms with Gasteiger partial charge < -0.3 is 19.8 Å². The summed E-state index contributed by atoms with van der Waals surface area (Å²) in [4.78, 5) is 14.4. The summed E-state index contributed by atoms with van der Waals surface area (Å²) in [7, 11) is 0. The Labute approximate surface area is 454 Å². The molecule has 382 valence electrons. The fourth-order valence-corrected chi connectivity index (χ4v) is 10.1. The molecule has 0 aliphatic carbocycles. The molecule has 0 aliphatic heterocycles. The van der Waals surface area contributed by atoms with Gasteiger partial charge in [-0.05, 0) is 135 Å². The van der Waals surface area contributed by atoms with E-state index in [1.165, 1.54) is 24.0 Å². The molecule has 0 bridgehead atoms. The van der Waals surface area contributed by atoms with Gasteiger partial charge in [-0.1, -0.05) is 166 Å². The van der Waals surface area contributed by atoms with Crippen molar-refractivity contribution >= 4 is 34.1 Å². The van der Waals surface area contributed by atoms with Crippen molar-refractivity contribution in [2.45, 2.75) is 89.9 Å². The minimum atomic E-state index is -1.08. The van der Waals surface area contributed by atoms with E-state index in [9.17, 15) is 8.78 Å². The molecule has 9 aromatic rings. The van der Waals surface area contributed by atoms with Gasteiger partial charge in [0.25, 0.3) is 0 Å². The van der Waals surface area contributed by atoms with Crippen molar-refractivity contribution in [1.29, 1.82) is 0 Å². The summed E-state index contributed by atoms with van der Waals surface area (Å²) in [6.45, 7) is 8.45. The predicted molar refractivity (Wildman–Crippen MR) is 294 cm³/mol. The topological polar surface area (TPSA) is 32.3 Å². The Bertz CT molecular complexity index is 3230. The van der Waals surface area contributed by atoms with Crippen LogP contribution in [0.3, 0.4) is 0 Å². The van der Waals surface area contributed by atoms with Crippen LogP contribution in [-0.2, 0) is 26.5 Å². The van der Waals surface area contributed by atoms with Crippen molar-refractivity contribution in [2.24, 2.45) is 0 Å². The van der Waals surface area contributed by atoms with Crippen LogP contribution in [0.2, 0.25) is 0 Å². The van der Waals surface area contributed by atoms with Crippen LogP contribution in [0, 0.1) is 35.4 Å². The third kappa shape index (κ3) is 12.7. The van der Waals surface area contributed by atoms with Crippen molar-refractivity contribution in [3.05, 3.63) is 252 Å². The van der Waals surface area contributed by atoms with Crippen LogP contribution in [-0.4, -0.2) is 9.97 Å². The summed E-state index contributed by atoms with van der Waals surface area (Å²) in [5, 5.41) is 0. The van der Waals surface area contributed by atoms with Crippen LogP contribution < -0.4 is 9.80 Å². The first-order chi connectivity index (χ1) is 36.0. The van der Waals surface area contributed by atoms with E-state index in [1.54, 1.807) is 12.1 Å². The molecule has 4 nitrogen and oxygen atoms in total. The van der Waals surface area contributed by atoms with Crippen LogP contribution in [0.5, 0.6) is 0 Å². The van der Waals surface area contributed by atoms with Crippen LogP contribution in [0.1, 0.15) is 107 Å². The third-order valence-electron chi connectivity index (χ3n) is 14.1. The van der Waals surface area contributed by atoms with E-state index in [2.05, 4.69) is 85.5 Å². The Balaban J connectivity index is 0.00000747. The SMILES string of the molecule is CCCC(CCCCC(CC)c1ccccc1)c1ccc(N(c2ccccc2)c2cc(-c3[c-]cc(F)cc3F)nc(C(C)(C)c3cc(N(c4ccccc4)c4ccccc4)cc(-c4[c-]cc(F)cc4F)n3)c2)cc1.[Pt+2]. The minimum absolute atomic E-state index is 0. The van der Waals surface area contributed by atoms with Crippen molar-refractivity contribution in [1.82, 2.24) is 9.97 Å². The van der Waals surface area contributed by atoms with Gasteiger partial charge in [0.15, 0.2) is 0 Å². The largest absolute Gasteiger partial charge is 2.00 e. The molecule has 0 aliphatic rings. The van der Waals surface area contributed by atoms with Gasteiger partial charge in [0.05, 0.1) is 0 Å². The van der Waals surface area contributed by atoms with Gasteiger partial charge in [0.1, 0.15) is 0 Å². The molecule has 2 unspecified atom stereocenters. The number of nitrogens with zero attached hydrogens (tertiary/aromatic N) is 4. The maximum Gasteiger partial charge on any atom is 2.00 e. The summed E-state index contributed by atoms with van der Waals surface area (Å²) >= 11 is 0. The number of hydrogen-bond donors (Lipinski definition) is 0. The first-order valence-electron chi connectivity index (χ1n) is 25.7. The fraction of sp³-hybridized carbons (Fsp3) is 0.212. The van der Waals surface area contributed by atoms with E-state index in [0.717, 1.165) is 79.1 Å². The number of anilines is 6. The summed E-state index contributed by atoms with van der Waals surface area (Å²) < 4.78 is 60.9. The van der Waals surface area contributed by atoms with Gasteiger partial charge in [-0.2, -0.15) is 0 Å².